The van der Waals surface area contributed by atoms with Crippen LogP contribution in [-0.4, -0.2) is 10.2 Å². The second-order valence-electron chi connectivity index (χ2n) is 4.63. The number of rotatable bonds is 3. The molecule has 0 aromatic heterocycles. The maximum Gasteiger partial charge on any atom is 0.152 e. The zero-order valence-corrected chi connectivity index (χ0v) is 11.1. The molecule has 0 saturated carbocycles. The molecule has 0 aliphatic heterocycles. The van der Waals surface area contributed by atoms with Gasteiger partial charge in [-0.2, -0.15) is 0 Å². The number of aromatic hydroxyl groups is 2. The van der Waals surface area contributed by atoms with E-state index in [1.54, 1.807) is 6.92 Å². The van der Waals surface area contributed by atoms with E-state index in [0.717, 1.165) is 6.07 Å². The van der Waals surface area contributed by atoms with E-state index in [-0.39, 0.29) is 22.7 Å². The van der Waals surface area contributed by atoms with Crippen molar-refractivity contribution in [2.24, 2.45) is 0 Å². The number of hydrogen-bond acceptors (Lipinski definition) is 3. The van der Waals surface area contributed by atoms with Gasteiger partial charge in [0.15, 0.2) is 5.82 Å². The number of benzene rings is 2. The molecule has 1 atom stereocenters. The Kier molecular flexibility index (Phi) is 3.79. The van der Waals surface area contributed by atoms with E-state index in [1.807, 2.05) is 0 Å². The molecule has 5 heteroatoms. The molecular formula is C15H15F2NO2. The van der Waals surface area contributed by atoms with E-state index in [4.69, 9.17) is 0 Å². The van der Waals surface area contributed by atoms with E-state index < -0.39 is 17.7 Å². The predicted molar refractivity (Wildman–Crippen MR) is 72.9 cm³/mol. The van der Waals surface area contributed by atoms with Crippen molar-refractivity contribution in [3.8, 4) is 11.5 Å². The summed E-state index contributed by atoms with van der Waals surface area (Å²) in [6.45, 7) is 3.12. The fraction of sp³-hybridized carbons (Fsp3) is 0.200. The van der Waals surface area contributed by atoms with Crippen molar-refractivity contribution >= 4 is 5.69 Å². The third kappa shape index (κ3) is 2.52. The van der Waals surface area contributed by atoms with Gasteiger partial charge in [0.05, 0.1) is 11.6 Å². The number of hydrogen-bond donors (Lipinski definition) is 3. The average Bonchev–Trinajstić information content (AvgIpc) is 2.39. The summed E-state index contributed by atoms with van der Waals surface area (Å²) in [5.74, 6) is -1.70. The number of halogens is 2. The first kappa shape index (κ1) is 14.1. The number of nitrogens with one attached hydrogen (secondary N) is 1. The lowest BCUT2D eigenvalue weighted by atomic mass is 10.0. The van der Waals surface area contributed by atoms with Gasteiger partial charge in [0.25, 0.3) is 0 Å². The minimum atomic E-state index is -0.727. The molecular weight excluding hydrogens is 264 g/mol. The van der Waals surface area contributed by atoms with Gasteiger partial charge in [-0.25, -0.2) is 8.78 Å². The third-order valence-corrected chi connectivity index (χ3v) is 3.14. The van der Waals surface area contributed by atoms with Gasteiger partial charge in [-0.1, -0.05) is 12.1 Å². The Morgan fingerprint density at radius 1 is 1.05 bits per heavy atom. The second kappa shape index (κ2) is 5.36. The SMILES string of the molecule is Cc1ccc(F)c(NC(C)c2c(O)cccc2O)c1F. The Hall–Kier alpha value is -2.30. The van der Waals surface area contributed by atoms with Crippen molar-refractivity contribution in [1.82, 2.24) is 0 Å². The van der Waals surface area contributed by atoms with Gasteiger partial charge in [0.2, 0.25) is 0 Å². The smallest absolute Gasteiger partial charge is 0.152 e. The van der Waals surface area contributed by atoms with E-state index in [9.17, 15) is 19.0 Å². The topological polar surface area (TPSA) is 52.5 Å². The molecule has 1 unspecified atom stereocenters. The molecule has 0 aliphatic rings. The molecule has 0 heterocycles. The van der Waals surface area contributed by atoms with Crippen LogP contribution in [-0.2, 0) is 0 Å². The highest BCUT2D eigenvalue weighted by Crippen LogP contribution is 2.35. The Morgan fingerprint density at radius 3 is 2.25 bits per heavy atom. The van der Waals surface area contributed by atoms with Crippen molar-refractivity contribution in [3.63, 3.8) is 0 Å². The average molecular weight is 279 g/mol. The summed E-state index contributed by atoms with van der Waals surface area (Å²) in [5, 5.41) is 22.1. The highest BCUT2D eigenvalue weighted by atomic mass is 19.1. The van der Waals surface area contributed by atoms with Gasteiger partial charge in [-0.15, -0.1) is 0 Å². The maximum absolute atomic E-state index is 13.9. The summed E-state index contributed by atoms with van der Waals surface area (Å²) in [4.78, 5) is 0. The second-order valence-corrected chi connectivity index (χ2v) is 4.63. The fourth-order valence-electron chi connectivity index (χ4n) is 2.06. The largest absolute Gasteiger partial charge is 0.507 e. The van der Waals surface area contributed by atoms with Crippen molar-refractivity contribution in [3.05, 3.63) is 53.1 Å². The lowest BCUT2D eigenvalue weighted by molar-refractivity contribution is 0.433. The van der Waals surface area contributed by atoms with Crippen LogP contribution in [0.4, 0.5) is 14.5 Å². The summed E-state index contributed by atoms with van der Waals surface area (Å²) in [5.41, 5.74) is 0.218. The quantitative estimate of drug-likeness (QED) is 0.799. The monoisotopic (exact) mass is 279 g/mol. The third-order valence-electron chi connectivity index (χ3n) is 3.14. The normalized spacial score (nSPS) is 12.2. The highest BCUT2D eigenvalue weighted by molar-refractivity contribution is 5.54. The van der Waals surface area contributed by atoms with E-state index >= 15 is 0 Å². The van der Waals surface area contributed by atoms with Gasteiger partial charge >= 0.3 is 0 Å². The minimum absolute atomic E-state index is 0.140. The molecule has 3 nitrogen and oxygen atoms in total. The summed E-state index contributed by atoms with van der Waals surface area (Å²) in [7, 11) is 0. The fourth-order valence-corrected chi connectivity index (χ4v) is 2.06. The van der Waals surface area contributed by atoms with Crippen LogP contribution in [0.15, 0.2) is 30.3 Å². The molecule has 2 aromatic carbocycles. The zero-order chi connectivity index (χ0) is 14.9. The van der Waals surface area contributed by atoms with Crippen molar-refractivity contribution < 1.29 is 19.0 Å². The van der Waals surface area contributed by atoms with E-state index in [2.05, 4.69) is 5.32 Å². The summed E-state index contributed by atoms with van der Waals surface area (Å²) in [6.07, 6.45) is 0. The van der Waals surface area contributed by atoms with Crippen molar-refractivity contribution in [1.29, 1.82) is 0 Å². The van der Waals surface area contributed by atoms with Gasteiger partial charge in [0, 0.05) is 0 Å². The first-order chi connectivity index (χ1) is 9.41. The molecule has 0 amide bonds. The predicted octanol–water partition coefficient (Wildman–Crippen LogP) is 3.86. The first-order valence-corrected chi connectivity index (χ1v) is 6.13. The number of phenolic OH excluding ortho intramolecular Hbond substituents is 2. The maximum atomic E-state index is 13.9. The van der Waals surface area contributed by atoms with Gasteiger partial charge in [0.1, 0.15) is 23.0 Å². The molecule has 3 N–H and O–H groups in total. The lowest BCUT2D eigenvalue weighted by Crippen LogP contribution is -2.10. The van der Waals surface area contributed by atoms with E-state index in [0.29, 0.717) is 5.56 Å². The van der Waals surface area contributed by atoms with Crippen LogP contribution in [0.25, 0.3) is 0 Å². The molecule has 0 spiro atoms. The van der Waals surface area contributed by atoms with Gasteiger partial charge in [-0.3, -0.25) is 0 Å². The Labute approximate surface area is 115 Å². The lowest BCUT2D eigenvalue weighted by Gasteiger charge is -2.19. The van der Waals surface area contributed by atoms with Gasteiger partial charge in [-0.05, 0) is 37.6 Å². The minimum Gasteiger partial charge on any atom is -0.507 e. The zero-order valence-electron chi connectivity index (χ0n) is 11.1. The molecule has 2 aromatic rings. The van der Waals surface area contributed by atoms with Crippen molar-refractivity contribution in [2.45, 2.75) is 19.9 Å². The molecule has 0 saturated heterocycles. The number of phenols is 2. The van der Waals surface area contributed by atoms with Crippen LogP contribution < -0.4 is 5.32 Å². The van der Waals surface area contributed by atoms with Crippen LogP contribution in [0.1, 0.15) is 24.1 Å². The molecule has 106 valence electrons. The first-order valence-electron chi connectivity index (χ1n) is 6.13. The van der Waals surface area contributed by atoms with E-state index in [1.165, 1.54) is 31.2 Å². The van der Waals surface area contributed by atoms with Crippen LogP contribution in [0, 0.1) is 18.6 Å². The summed E-state index contributed by atoms with van der Waals surface area (Å²) < 4.78 is 27.6. The van der Waals surface area contributed by atoms with Crippen LogP contribution in [0.3, 0.4) is 0 Å². The number of anilines is 1. The highest BCUT2D eigenvalue weighted by Gasteiger charge is 2.19. The molecule has 0 aliphatic carbocycles. The summed E-state index contributed by atoms with van der Waals surface area (Å²) in [6, 6.07) is 6.12. The van der Waals surface area contributed by atoms with Crippen LogP contribution in [0.2, 0.25) is 0 Å². The van der Waals surface area contributed by atoms with Gasteiger partial charge < -0.3 is 15.5 Å². The molecule has 0 radical (unpaired) electrons. The molecule has 0 fully saturated rings. The molecule has 20 heavy (non-hydrogen) atoms. The Balaban J connectivity index is 2.38. The number of aryl methyl sites for hydroxylation is 1. The Bertz CT molecular complexity index is 624. The molecule has 0 bridgehead atoms. The van der Waals surface area contributed by atoms with Crippen molar-refractivity contribution in [2.75, 3.05) is 5.32 Å². The van der Waals surface area contributed by atoms with Crippen LogP contribution in [0.5, 0.6) is 11.5 Å². The molecule has 2 rings (SSSR count). The standard InChI is InChI=1S/C15H15F2NO2/c1-8-6-7-10(16)15(14(8)17)18-9(2)13-11(19)4-3-5-12(13)20/h3-7,9,18-20H,1-2H3. The Morgan fingerprint density at radius 2 is 1.65 bits per heavy atom. The summed E-state index contributed by atoms with van der Waals surface area (Å²) >= 11 is 0. The van der Waals surface area contributed by atoms with Crippen LogP contribution >= 0.6 is 0 Å².